The highest BCUT2D eigenvalue weighted by Crippen LogP contribution is 2.52. The molecule has 2 unspecified atom stereocenters. The van der Waals surface area contributed by atoms with Crippen molar-refractivity contribution in [3.05, 3.63) is 29.0 Å². The lowest BCUT2D eigenvalue weighted by Crippen LogP contribution is -2.60. The molecular weight excluding hydrogens is 308 g/mol. The van der Waals surface area contributed by atoms with Crippen molar-refractivity contribution in [1.82, 2.24) is 9.88 Å². The smallest absolute Gasteiger partial charge is 0.129 e. The quantitative estimate of drug-likeness (QED) is 0.773. The minimum Gasteiger partial charge on any atom is -0.373 e. The minimum atomic E-state index is -0.167. The molecule has 0 aromatic carbocycles. The highest BCUT2D eigenvalue weighted by Gasteiger charge is 2.54. The van der Waals surface area contributed by atoms with Gasteiger partial charge < -0.3 is 4.74 Å². The predicted molar refractivity (Wildman–Crippen MR) is 92.6 cm³/mol. The SMILES string of the molecule is COC1(c2ccnc(Cl)c2)C2CCCC1CN(C1CCCC1)C2. The summed E-state index contributed by atoms with van der Waals surface area (Å²) in [5.41, 5.74) is 1.07. The van der Waals surface area contributed by atoms with Gasteiger partial charge in [-0.25, -0.2) is 4.98 Å². The van der Waals surface area contributed by atoms with Crippen molar-refractivity contribution >= 4 is 11.6 Å². The van der Waals surface area contributed by atoms with Crippen LogP contribution in [0.15, 0.2) is 18.3 Å². The highest BCUT2D eigenvalue weighted by atomic mass is 35.5. The Morgan fingerprint density at radius 1 is 1.13 bits per heavy atom. The zero-order chi connectivity index (χ0) is 15.9. The van der Waals surface area contributed by atoms with Gasteiger partial charge in [-0.15, -0.1) is 0 Å². The fourth-order valence-electron chi connectivity index (χ4n) is 5.60. The summed E-state index contributed by atoms with van der Waals surface area (Å²) < 4.78 is 6.28. The topological polar surface area (TPSA) is 25.4 Å². The largest absolute Gasteiger partial charge is 0.373 e. The zero-order valence-electron chi connectivity index (χ0n) is 14.0. The van der Waals surface area contributed by atoms with Crippen LogP contribution in [0, 0.1) is 11.8 Å². The van der Waals surface area contributed by atoms with E-state index in [9.17, 15) is 0 Å². The van der Waals surface area contributed by atoms with Crippen molar-refractivity contribution in [3.63, 3.8) is 0 Å². The Balaban J connectivity index is 1.67. The van der Waals surface area contributed by atoms with E-state index < -0.39 is 0 Å². The van der Waals surface area contributed by atoms with E-state index in [0.29, 0.717) is 17.0 Å². The van der Waals surface area contributed by atoms with Crippen LogP contribution in [0.25, 0.3) is 0 Å². The molecule has 2 bridgehead atoms. The number of rotatable bonds is 3. The van der Waals surface area contributed by atoms with Gasteiger partial charge in [0.15, 0.2) is 0 Å². The van der Waals surface area contributed by atoms with Crippen molar-refractivity contribution in [2.24, 2.45) is 11.8 Å². The van der Waals surface area contributed by atoms with Gasteiger partial charge in [0.2, 0.25) is 0 Å². The van der Waals surface area contributed by atoms with Crippen LogP contribution in [0.2, 0.25) is 5.15 Å². The van der Waals surface area contributed by atoms with Crippen LogP contribution in [0.5, 0.6) is 0 Å². The molecule has 23 heavy (non-hydrogen) atoms. The Bertz CT molecular complexity index is 544. The molecule has 0 amide bonds. The Morgan fingerprint density at radius 2 is 1.83 bits per heavy atom. The number of nitrogens with zero attached hydrogens (tertiary/aromatic N) is 2. The molecule has 3 nitrogen and oxygen atoms in total. The number of methoxy groups -OCH3 is 1. The Hall–Kier alpha value is -0.640. The van der Waals surface area contributed by atoms with E-state index in [1.54, 1.807) is 0 Å². The second-order valence-electron chi connectivity index (χ2n) is 7.58. The van der Waals surface area contributed by atoms with E-state index in [4.69, 9.17) is 16.3 Å². The minimum absolute atomic E-state index is 0.167. The van der Waals surface area contributed by atoms with Gasteiger partial charge in [-0.05, 0) is 43.4 Å². The second kappa shape index (κ2) is 6.34. The molecule has 0 spiro atoms. The molecule has 0 radical (unpaired) electrons. The summed E-state index contributed by atoms with van der Waals surface area (Å²) in [6, 6.07) is 4.96. The number of likely N-dealkylation sites (tertiary alicyclic amines) is 1. The zero-order valence-corrected chi connectivity index (χ0v) is 14.8. The van der Waals surface area contributed by atoms with Crippen molar-refractivity contribution in [1.29, 1.82) is 0 Å². The standard InChI is InChI=1S/C19H27ClN2O/c1-23-19(14-9-10-21-18(20)11-14)15-5-4-6-16(19)13-22(12-15)17-7-2-3-8-17/h9-11,15-17H,2-8,12-13H2,1H3. The first-order valence-corrected chi connectivity index (χ1v) is 9.53. The van der Waals surface area contributed by atoms with Crippen LogP contribution in [0.4, 0.5) is 0 Å². The Kier molecular flexibility index (Phi) is 4.38. The number of hydrogen-bond donors (Lipinski definition) is 0. The first-order valence-electron chi connectivity index (χ1n) is 9.15. The van der Waals surface area contributed by atoms with Gasteiger partial charge in [0.05, 0.1) is 0 Å². The molecule has 1 saturated heterocycles. The van der Waals surface area contributed by atoms with Crippen molar-refractivity contribution in [2.75, 3.05) is 20.2 Å². The third-order valence-electron chi connectivity index (χ3n) is 6.58. The maximum atomic E-state index is 6.28. The van der Waals surface area contributed by atoms with Gasteiger partial charge >= 0.3 is 0 Å². The summed E-state index contributed by atoms with van der Waals surface area (Å²) in [6.45, 7) is 2.35. The Labute approximate surface area is 144 Å². The maximum absolute atomic E-state index is 6.28. The van der Waals surface area contributed by atoms with E-state index in [1.165, 1.54) is 63.6 Å². The third-order valence-corrected chi connectivity index (χ3v) is 6.79. The van der Waals surface area contributed by atoms with Gasteiger partial charge in [0, 0.05) is 44.3 Å². The molecular formula is C19H27ClN2O. The number of aromatic nitrogens is 1. The van der Waals surface area contributed by atoms with Crippen LogP contribution in [-0.2, 0) is 10.3 Å². The number of pyridine rings is 1. The normalized spacial score (nSPS) is 35.6. The number of halogens is 1. The lowest BCUT2D eigenvalue weighted by atomic mass is 9.62. The van der Waals surface area contributed by atoms with Crippen LogP contribution in [-0.4, -0.2) is 36.1 Å². The predicted octanol–water partition coefficient (Wildman–Crippen LogP) is 4.25. The first kappa shape index (κ1) is 15.9. The number of piperidine rings is 1. The maximum Gasteiger partial charge on any atom is 0.129 e. The van der Waals surface area contributed by atoms with Gasteiger partial charge in [-0.3, -0.25) is 4.90 Å². The first-order chi connectivity index (χ1) is 11.2. The molecule has 2 atom stereocenters. The lowest BCUT2D eigenvalue weighted by molar-refractivity contribution is -0.174. The molecule has 4 rings (SSSR count). The summed E-state index contributed by atoms with van der Waals surface area (Å²) in [7, 11) is 1.89. The highest BCUT2D eigenvalue weighted by molar-refractivity contribution is 6.29. The van der Waals surface area contributed by atoms with Crippen LogP contribution >= 0.6 is 11.6 Å². The fraction of sp³-hybridized carbons (Fsp3) is 0.737. The monoisotopic (exact) mass is 334 g/mol. The number of fused-ring (bicyclic) bond motifs is 2. The van der Waals surface area contributed by atoms with Gasteiger partial charge in [-0.1, -0.05) is 30.9 Å². The molecule has 4 heteroatoms. The van der Waals surface area contributed by atoms with Crippen molar-refractivity contribution in [2.45, 2.75) is 56.6 Å². The van der Waals surface area contributed by atoms with Crippen LogP contribution < -0.4 is 0 Å². The van der Waals surface area contributed by atoms with E-state index >= 15 is 0 Å². The van der Waals surface area contributed by atoms with E-state index in [-0.39, 0.29) is 5.60 Å². The Morgan fingerprint density at radius 3 is 2.43 bits per heavy atom. The van der Waals surface area contributed by atoms with E-state index in [0.717, 1.165) is 6.04 Å². The fourth-order valence-corrected chi connectivity index (χ4v) is 5.78. The number of hydrogen-bond acceptors (Lipinski definition) is 3. The molecule has 0 N–H and O–H groups in total. The van der Waals surface area contributed by atoms with Crippen molar-refractivity contribution < 1.29 is 4.74 Å². The van der Waals surface area contributed by atoms with Crippen molar-refractivity contribution in [3.8, 4) is 0 Å². The van der Waals surface area contributed by atoms with E-state index in [1.807, 2.05) is 19.4 Å². The lowest BCUT2D eigenvalue weighted by Gasteiger charge is -2.56. The van der Waals surface area contributed by atoms with Gasteiger partial charge in [0.25, 0.3) is 0 Å². The van der Waals surface area contributed by atoms with Gasteiger partial charge in [0.1, 0.15) is 10.8 Å². The molecule has 1 aliphatic heterocycles. The summed E-state index contributed by atoms with van der Waals surface area (Å²) in [6.07, 6.45) is 11.3. The molecule has 3 fully saturated rings. The second-order valence-corrected chi connectivity index (χ2v) is 7.97. The van der Waals surface area contributed by atoms with E-state index in [2.05, 4.69) is 16.0 Å². The summed E-state index contributed by atoms with van der Waals surface area (Å²) in [5.74, 6) is 1.14. The summed E-state index contributed by atoms with van der Waals surface area (Å²) in [5, 5.41) is 0.579. The average Bonchev–Trinajstić information content (AvgIpc) is 3.07. The number of ether oxygens (including phenoxy) is 1. The molecule has 1 aromatic heterocycles. The molecule has 2 heterocycles. The van der Waals surface area contributed by atoms with Crippen LogP contribution in [0.1, 0.15) is 50.5 Å². The average molecular weight is 335 g/mol. The van der Waals surface area contributed by atoms with Crippen LogP contribution in [0.3, 0.4) is 0 Å². The molecule has 2 aliphatic carbocycles. The summed E-state index contributed by atoms with van der Waals surface area (Å²) in [4.78, 5) is 6.95. The van der Waals surface area contributed by atoms with Gasteiger partial charge in [-0.2, -0.15) is 0 Å². The third kappa shape index (κ3) is 2.61. The molecule has 2 saturated carbocycles. The molecule has 3 aliphatic rings. The summed E-state index contributed by atoms with van der Waals surface area (Å²) >= 11 is 6.19. The molecule has 126 valence electrons. The molecule has 1 aromatic rings.